The number of pyridine rings is 3. The summed E-state index contributed by atoms with van der Waals surface area (Å²) in [7, 11) is 0. The summed E-state index contributed by atoms with van der Waals surface area (Å²) in [6.07, 6.45) is 4.29. The van der Waals surface area contributed by atoms with Crippen molar-refractivity contribution in [2.24, 2.45) is 0 Å². The van der Waals surface area contributed by atoms with Crippen LogP contribution in [0.25, 0.3) is 10.8 Å². The Balaban J connectivity index is 0.00000208. The lowest BCUT2D eigenvalue weighted by atomic mass is 10.2. The van der Waals surface area contributed by atoms with Gasteiger partial charge in [-0.05, 0) is 43.0 Å². The summed E-state index contributed by atoms with van der Waals surface area (Å²) in [5.74, 6) is 1.93. The molecule has 0 amide bonds. The fourth-order valence-electron chi connectivity index (χ4n) is 2.29. The van der Waals surface area contributed by atoms with Gasteiger partial charge in [0.2, 0.25) is 0 Å². The summed E-state index contributed by atoms with van der Waals surface area (Å²) in [6, 6.07) is 9.56. The minimum atomic E-state index is -0.148. The molecule has 0 unspecified atom stereocenters. The van der Waals surface area contributed by atoms with Crippen molar-refractivity contribution in [3.05, 3.63) is 53.1 Å². The van der Waals surface area contributed by atoms with Gasteiger partial charge in [0.1, 0.15) is 17.5 Å². The molecular formula is C17H21N5OS. The topological polar surface area (TPSA) is 82.7 Å². The van der Waals surface area contributed by atoms with E-state index in [0.717, 1.165) is 11.8 Å². The zero-order valence-electron chi connectivity index (χ0n) is 13.6. The predicted molar refractivity (Wildman–Crippen MR) is 104 cm³/mol. The van der Waals surface area contributed by atoms with E-state index in [9.17, 15) is 4.79 Å². The quantitative estimate of drug-likeness (QED) is 0.661. The number of anilines is 3. The highest BCUT2D eigenvalue weighted by molar-refractivity contribution is 7.59. The fourth-order valence-corrected chi connectivity index (χ4v) is 2.29. The van der Waals surface area contributed by atoms with E-state index in [0.29, 0.717) is 22.8 Å². The van der Waals surface area contributed by atoms with Crippen molar-refractivity contribution < 1.29 is 0 Å². The Labute approximate surface area is 147 Å². The zero-order valence-corrected chi connectivity index (χ0v) is 14.6. The van der Waals surface area contributed by atoms with Gasteiger partial charge in [0.05, 0.1) is 5.39 Å². The van der Waals surface area contributed by atoms with Crippen LogP contribution in [0.2, 0.25) is 0 Å². The Morgan fingerprint density at radius 1 is 1.25 bits per heavy atom. The maximum Gasteiger partial charge on any atom is 0.259 e. The Hall–Kier alpha value is -2.54. The second-order valence-corrected chi connectivity index (χ2v) is 5.42. The predicted octanol–water partition coefficient (Wildman–Crippen LogP) is 3.38. The highest BCUT2D eigenvalue weighted by Crippen LogP contribution is 2.24. The molecule has 0 aliphatic heterocycles. The summed E-state index contributed by atoms with van der Waals surface area (Å²) in [6.45, 7) is 4.14. The molecule has 0 spiro atoms. The number of nitrogens with zero attached hydrogens (tertiary/aromatic N) is 2. The number of hydrogen-bond donors (Lipinski definition) is 3. The van der Waals surface area contributed by atoms with Gasteiger partial charge < -0.3 is 15.6 Å². The number of H-pyrrole nitrogens is 1. The monoisotopic (exact) mass is 343 g/mol. The van der Waals surface area contributed by atoms with E-state index in [-0.39, 0.29) is 25.1 Å². The average Bonchev–Trinajstić information content (AvgIpc) is 2.55. The second kappa shape index (κ2) is 7.83. The molecule has 3 rings (SSSR count). The summed E-state index contributed by atoms with van der Waals surface area (Å²) in [4.78, 5) is 23.7. The van der Waals surface area contributed by atoms with Crippen LogP contribution in [0.1, 0.15) is 20.3 Å². The molecule has 0 bridgehead atoms. The lowest BCUT2D eigenvalue weighted by Crippen LogP contribution is -2.18. The molecule has 24 heavy (non-hydrogen) atoms. The van der Waals surface area contributed by atoms with Crippen LogP contribution in [0.3, 0.4) is 0 Å². The average molecular weight is 343 g/mol. The van der Waals surface area contributed by atoms with E-state index in [4.69, 9.17) is 0 Å². The summed E-state index contributed by atoms with van der Waals surface area (Å²) < 4.78 is 0. The molecule has 3 heterocycles. The summed E-state index contributed by atoms with van der Waals surface area (Å²) in [5, 5.41) is 7.88. The fraction of sp³-hybridized carbons (Fsp3) is 0.235. The van der Waals surface area contributed by atoms with Crippen molar-refractivity contribution in [3.63, 3.8) is 0 Å². The van der Waals surface area contributed by atoms with E-state index < -0.39 is 0 Å². The zero-order chi connectivity index (χ0) is 16.2. The molecule has 0 aromatic carbocycles. The molecule has 0 fully saturated rings. The van der Waals surface area contributed by atoms with Gasteiger partial charge in [0.15, 0.2) is 0 Å². The highest BCUT2D eigenvalue weighted by atomic mass is 32.1. The molecule has 7 heteroatoms. The Morgan fingerprint density at radius 2 is 2.08 bits per heavy atom. The number of aromatic amines is 1. The van der Waals surface area contributed by atoms with Crippen molar-refractivity contribution in [1.29, 1.82) is 0 Å². The summed E-state index contributed by atoms with van der Waals surface area (Å²) >= 11 is 0. The number of nitrogens with one attached hydrogen (secondary N) is 3. The SMILES string of the molecule is CC[C@H](C)Nc1nc(Nc2ccccn2)cc2cc[nH]c(=O)c12.S. The van der Waals surface area contributed by atoms with Crippen LogP contribution >= 0.6 is 13.5 Å². The lowest BCUT2D eigenvalue weighted by Gasteiger charge is -2.15. The molecule has 0 aliphatic carbocycles. The van der Waals surface area contributed by atoms with Crippen LogP contribution in [0.5, 0.6) is 0 Å². The number of hydrogen-bond acceptors (Lipinski definition) is 5. The van der Waals surface area contributed by atoms with E-state index in [1.807, 2.05) is 30.3 Å². The largest absolute Gasteiger partial charge is 0.367 e. The highest BCUT2D eigenvalue weighted by Gasteiger charge is 2.11. The smallest absolute Gasteiger partial charge is 0.259 e. The first-order valence-electron chi connectivity index (χ1n) is 7.64. The van der Waals surface area contributed by atoms with Crippen LogP contribution in [0, 0.1) is 0 Å². The molecule has 3 aromatic rings. The molecule has 3 N–H and O–H groups in total. The Morgan fingerprint density at radius 3 is 2.79 bits per heavy atom. The van der Waals surface area contributed by atoms with Crippen LogP contribution in [0.15, 0.2) is 47.5 Å². The molecule has 0 aliphatic rings. The molecule has 0 radical (unpaired) electrons. The molecule has 6 nitrogen and oxygen atoms in total. The van der Waals surface area contributed by atoms with Gasteiger partial charge in [-0.2, -0.15) is 13.5 Å². The van der Waals surface area contributed by atoms with E-state index in [1.165, 1.54) is 0 Å². The van der Waals surface area contributed by atoms with Crippen LogP contribution in [-0.4, -0.2) is 21.0 Å². The first-order chi connectivity index (χ1) is 11.2. The molecule has 126 valence electrons. The Bertz CT molecular complexity index is 866. The minimum Gasteiger partial charge on any atom is -0.367 e. The maximum absolute atomic E-state index is 12.2. The summed E-state index contributed by atoms with van der Waals surface area (Å²) in [5.41, 5.74) is -0.148. The third-order valence-electron chi connectivity index (χ3n) is 3.67. The minimum absolute atomic E-state index is 0. The van der Waals surface area contributed by atoms with E-state index >= 15 is 0 Å². The maximum atomic E-state index is 12.2. The normalized spacial score (nSPS) is 11.6. The Kier molecular flexibility index (Phi) is 5.81. The van der Waals surface area contributed by atoms with Gasteiger partial charge in [-0.1, -0.05) is 13.0 Å². The first kappa shape index (κ1) is 17.8. The van der Waals surface area contributed by atoms with Gasteiger partial charge in [-0.25, -0.2) is 9.97 Å². The van der Waals surface area contributed by atoms with Crippen molar-refractivity contribution in [1.82, 2.24) is 15.0 Å². The van der Waals surface area contributed by atoms with Crippen molar-refractivity contribution in [2.45, 2.75) is 26.3 Å². The van der Waals surface area contributed by atoms with Gasteiger partial charge in [-0.15, -0.1) is 0 Å². The molecule has 3 aromatic heterocycles. The third kappa shape index (κ3) is 3.86. The first-order valence-corrected chi connectivity index (χ1v) is 7.64. The van der Waals surface area contributed by atoms with E-state index in [2.05, 4.69) is 39.4 Å². The molecule has 0 saturated carbocycles. The van der Waals surface area contributed by atoms with Crippen LogP contribution in [0.4, 0.5) is 17.5 Å². The van der Waals surface area contributed by atoms with E-state index in [1.54, 1.807) is 12.4 Å². The van der Waals surface area contributed by atoms with Gasteiger partial charge >= 0.3 is 0 Å². The third-order valence-corrected chi connectivity index (χ3v) is 3.67. The molecule has 1 atom stereocenters. The van der Waals surface area contributed by atoms with Crippen molar-refractivity contribution in [2.75, 3.05) is 10.6 Å². The van der Waals surface area contributed by atoms with Gasteiger partial charge in [0.25, 0.3) is 5.56 Å². The molecule has 0 saturated heterocycles. The number of rotatable bonds is 5. The van der Waals surface area contributed by atoms with Gasteiger partial charge in [-0.3, -0.25) is 4.79 Å². The second-order valence-electron chi connectivity index (χ2n) is 5.42. The standard InChI is InChI=1S/C17H19N5O.H2S/c1-3-11(2)20-16-15-12(7-9-19-17(15)23)10-14(22-16)21-13-6-4-5-8-18-13;/h4-11H,3H2,1-2H3,(H,19,23)(H2,18,20,21,22);1H2/t11-;/m0./s1. The molecular weight excluding hydrogens is 322 g/mol. The lowest BCUT2D eigenvalue weighted by molar-refractivity contribution is 0.760. The van der Waals surface area contributed by atoms with Crippen molar-refractivity contribution in [3.8, 4) is 0 Å². The number of fused-ring (bicyclic) bond motifs is 1. The van der Waals surface area contributed by atoms with Crippen molar-refractivity contribution >= 4 is 41.7 Å². The number of aromatic nitrogens is 3. The van der Waals surface area contributed by atoms with Crippen LogP contribution in [-0.2, 0) is 0 Å². The van der Waals surface area contributed by atoms with Crippen LogP contribution < -0.4 is 16.2 Å². The van der Waals surface area contributed by atoms with Gasteiger partial charge in [0, 0.05) is 18.4 Å².